The summed E-state index contributed by atoms with van der Waals surface area (Å²) in [6.07, 6.45) is 2.62. The standard InChI is InChI=1S/C13H18N/c1-10-5-4-6-13(9-10)14-11(2)7-8-12(14)3/h4-5,9,11-12H,7-8H2,1-3H3. The second-order valence-electron chi connectivity index (χ2n) is 4.43. The Balaban J connectivity index is 2.29. The Bertz CT molecular complexity index is 309. The van der Waals surface area contributed by atoms with Crippen LogP contribution in [0.4, 0.5) is 5.69 Å². The highest BCUT2D eigenvalue weighted by atomic mass is 15.2. The third kappa shape index (κ3) is 1.63. The Hall–Kier alpha value is -0.980. The number of anilines is 1. The molecule has 1 heterocycles. The van der Waals surface area contributed by atoms with Crippen molar-refractivity contribution in [3.63, 3.8) is 0 Å². The summed E-state index contributed by atoms with van der Waals surface area (Å²) in [6, 6.07) is 11.0. The number of hydrogen-bond acceptors (Lipinski definition) is 1. The summed E-state index contributed by atoms with van der Waals surface area (Å²) < 4.78 is 0. The molecular formula is C13H18N. The van der Waals surface area contributed by atoms with Crippen molar-refractivity contribution >= 4 is 5.69 Å². The fraction of sp³-hybridized carbons (Fsp3) is 0.538. The Morgan fingerprint density at radius 2 is 1.93 bits per heavy atom. The van der Waals surface area contributed by atoms with Gasteiger partial charge in [0.15, 0.2) is 0 Å². The molecule has 1 aromatic carbocycles. The fourth-order valence-corrected chi connectivity index (χ4v) is 2.38. The summed E-state index contributed by atoms with van der Waals surface area (Å²) in [4.78, 5) is 2.49. The molecule has 75 valence electrons. The molecule has 2 atom stereocenters. The van der Waals surface area contributed by atoms with Crippen LogP contribution in [-0.2, 0) is 0 Å². The van der Waals surface area contributed by atoms with E-state index in [1.807, 2.05) is 6.07 Å². The molecule has 2 unspecified atom stereocenters. The van der Waals surface area contributed by atoms with Crippen molar-refractivity contribution < 1.29 is 0 Å². The van der Waals surface area contributed by atoms with Crippen LogP contribution >= 0.6 is 0 Å². The average molecular weight is 188 g/mol. The van der Waals surface area contributed by atoms with E-state index >= 15 is 0 Å². The van der Waals surface area contributed by atoms with Crippen molar-refractivity contribution in [2.45, 2.75) is 45.7 Å². The van der Waals surface area contributed by atoms with Crippen molar-refractivity contribution in [3.8, 4) is 0 Å². The molecular weight excluding hydrogens is 170 g/mol. The number of aryl methyl sites for hydroxylation is 1. The maximum Gasteiger partial charge on any atom is 0.0454 e. The second-order valence-corrected chi connectivity index (χ2v) is 4.43. The van der Waals surface area contributed by atoms with E-state index in [9.17, 15) is 0 Å². The Morgan fingerprint density at radius 1 is 1.29 bits per heavy atom. The van der Waals surface area contributed by atoms with Gasteiger partial charge in [0, 0.05) is 23.8 Å². The van der Waals surface area contributed by atoms with Gasteiger partial charge in [-0.2, -0.15) is 0 Å². The van der Waals surface area contributed by atoms with Gasteiger partial charge >= 0.3 is 0 Å². The van der Waals surface area contributed by atoms with Crippen LogP contribution in [0.15, 0.2) is 18.2 Å². The topological polar surface area (TPSA) is 3.24 Å². The molecule has 0 amide bonds. The maximum atomic E-state index is 3.34. The Labute approximate surface area is 86.7 Å². The highest BCUT2D eigenvalue weighted by Crippen LogP contribution is 2.29. The molecule has 0 aromatic heterocycles. The maximum absolute atomic E-state index is 3.34. The van der Waals surface area contributed by atoms with E-state index in [0.717, 1.165) is 0 Å². The van der Waals surface area contributed by atoms with Crippen LogP contribution < -0.4 is 4.90 Å². The molecule has 1 aliphatic rings. The van der Waals surface area contributed by atoms with Gasteiger partial charge in [-0.05, 0) is 45.2 Å². The highest BCUT2D eigenvalue weighted by molar-refractivity contribution is 5.50. The van der Waals surface area contributed by atoms with Crippen molar-refractivity contribution in [1.82, 2.24) is 0 Å². The molecule has 0 aliphatic carbocycles. The number of benzene rings is 1. The first-order chi connectivity index (χ1) is 6.68. The molecule has 1 heteroatoms. The van der Waals surface area contributed by atoms with Gasteiger partial charge in [-0.25, -0.2) is 0 Å². The van der Waals surface area contributed by atoms with Crippen molar-refractivity contribution in [2.75, 3.05) is 4.90 Å². The van der Waals surface area contributed by atoms with Gasteiger partial charge in [-0.3, -0.25) is 0 Å². The van der Waals surface area contributed by atoms with Gasteiger partial charge in [0.05, 0.1) is 0 Å². The molecule has 0 saturated carbocycles. The zero-order valence-corrected chi connectivity index (χ0v) is 9.25. The van der Waals surface area contributed by atoms with Gasteiger partial charge in [0.1, 0.15) is 0 Å². The Morgan fingerprint density at radius 3 is 2.50 bits per heavy atom. The van der Waals surface area contributed by atoms with Crippen LogP contribution in [0, 0.1) is 13.0 Å². The minimum atomic E-state index is 0.669. The lowest BCUT2D eigenvalue weighted by molar-refractivity contribution is 0.693. The molecule has 1 fully saturated rings. The van der Waals surface area contributed by atoms with Crippen molar-refractivity contribution in [1.29, 1.82) is 0 Å². The third-order valence-corrected chi connectivity index (χ3v) is 3.17. The first-order valence-corrected chi connectivity index (χ1v) is 5.45. The smallest absolute Gasteiger partial charge is 0.0454 e. The first kappa shape index (κ1) is 9.57. The molecule has 2 rings (SSSR count). The monoisotopic (exact) mass is 188 g/mol. The minimum Gasteiger partial charge on any atom is -0.366 e. The van der Waals surface area contributed by atoms with E-state index in [-0.39, 0.29) is 0 Å². The van der Waals surface area contributed by atoms with Crippen LogP contribution in [0.3, 0.4) is 0 Å². The van der Waals surface area contributed by atoms with Crippen LogP contribution in [0.5, 0.6) is 0 Å². The fourth-order valence-electron chi connectivity index (χ4n) is 2.38. The molecule has 0 bridgehead atoms. The SMILES string of the molecule is Cc1cc[c]c(N2C(C)CCC2C)c1. The van der Waals surface area contributed by atoms with Crippen molar-refractivity contribution in [3.05, 3.63) is 29.8 Å². The van der Waals surface area contributed by atoms with E-state index in [1.165, 1.54) is 24.1 Å². The van der Waals surface area contributed by atoms with E-state index in [4.69, 9.17) is 0 Å². The molecule has 1 aromatic rings. The predicted molar refractivity (Wildman–Crippen MR) is 60.7 cm³/mol. The lowest BCUT2D eigenvalue weighted by atomic mass is 10.2. The molecule has 1 saturated heterocycles. The van der Waals surface area contributed by atoms with Gasteiger partial charge in [0.25, 0.3) is 0 Å². The van der Waals surface area contributed by atoms with Crippen LogP contribution in [-0.4, -0.2) is 12.1 Å². The van der Waals surface area contributed by atoms with Gasteiger partial charge < -0.3 is 4.90 Å². The largest absolute Gasteiger partial charge is 0.366 e. The van der Waals surface area contributed by atoms with E-state index < -0.39 is 0 Å². The molecule has 0 spiro atoms. The summed E-state index contributed by atoms with van der Waals surface area (Å²) >= 11 is 0. The number of hydrogen-bond donors (Lipinski definition) is 0. The molecule has 14 heavy (non-hydrogen) atoms. The lowest BCUT2D eigenvalue weighted by Gasteiger charge is -2.28. The molecule has 1 aliphatic heterocycles. The van der Waals surface area contributed by atoms with Crippen LogP contribution in [0.25, 0.3) is 0 Å². The normalized spacial score (nSPS) is 26.9. The zero-order valence-electron chi connectivity index (χ0n) is 9.25. The Kier molecular flexibility index (Phi) is 2.49. The van der Waals surface area contributed by atoms with E-state index in [1.54, 1.807) is 0 Å². The summed E-state index contributed by atoms with van der Waals surface area (Å²) in [5.74, 6) is 0. The summed E-state index contributed by atoms with van der Waals surface area (Å²) in [5, 5.41) is 0. The van der Waals surface area contributed by atoms with Gasteiger partial charge in [-0.15, -0.1) is 0 Å². The minimum absolute atomic E-state index is 0.669. The summed E-state index contributed by atoms with van der Waals surface area (Å²) in [5.41, 5.74) is 2.59. The zero-order chi connectivity index (χ0) is 10.1. The quantitative estimate of drug-likeness (QED) is 0.654. The summed E-state index contributed by atoms with van der Waals surface area (Å²) in [6.45, 7) is 6.75. The van der Waals surface area contributed by atoms with Gasteiger partial charge in [-0.1, -0.05) is 12.1 Å². The number of nitrogens with zero attached hydrogens (tertiary/aromatic N) is 1. The van der Waals surface area contributed by atoms with Crippen LogP contribution in [0.2, 0.25) is 0 Å². The van der Waals surface area contributed by atoms with E-state index in [0.29, 0.717) is 12.1 Å². The van der Waals surface area contributed by atoms with Crippen molar-refractivity contribution in [2.24, 2.45) is 0 Å². The number of rotatable bonds is 1. The lowest BCUT2D eigenvalue weighted by Crippen LogP contribution is -2.32. The molecule has 0 N–H and O–H groups in total. The highest BCUT2D eigenvalue weighted by Gasteiger charge is 2.27. The van der Waals surface area contributed by atoms with Gasteiger partial charge in [0.2, 0.25) is 0 Å². The van der Waals surface area contributed by atoms with Crippen LogP contribution in [0.1, 0.15) is 32.3 Å². The second kappa shape index (κ2) is 3.64. The molecule has 1 nitrogen and oxygen atoms in total. The predicted octanol–water partition coefficient (Wildman–Crippen LogP) is 3.17. The summed E-state index contributed by atoms with van der Waals surface area (Å²) in [7, 11) is 0. The third-order valence-electron chi connectivity index (χ3n) is 3.17. The first-order valence-electron chi connectivity index (χ1n) is 5.45. The average Bonchev–Trinajstić information content (AvgIpc) is 2.46. The molecule has 1 radical (unpaired) electrons. The van der Waals surface area contributed by atoms with E-state index in [2.05, 4.69) is 43.9 Å².